The molecule has 27 heavy (non-hydrogen) atoms. The van der Waals surface area contributed by atoms with Gasteiger partial charge in [-0.1, -0.05) is 0 Å². The number of piperidine rings is 1. The first-order valence-corrected chi connectivity index (χ1v) is 9.54. The van der Waals surface area contributed by atoms with Crippen molar-refractivity contribution in [3.63, 3.8) is 0 Å². The summed E-state index contributed by atoms with van der Waals surface area (Å²) >= 11 is 0. The SMILES string of the molecule is NC(=O)Cn1ccnc1C1CCCN(c2cc(N3CCCC3)nc(N)n2)C1. The van der Waals surface area contributed by atoms with Gasteiger partial charge in [-0.15, -0.1) is 0 Å². The van der Waals surface area contributed by atoms with Crippen LogP contribution in [0, 0.1) is 0 Å². The Morgan fingerprint density at radius 3 is 2.56 bits per heavy atom. The van der Waals surface area contributed by atoms with E-state index in [-0.39, 0.29) is 18.4 Å². The fraction of sp³-hybridized carbons (Fsp3) is 0.556. The summed E-state index contributed by atoms with van der Waals surface area (Å²) in [5.74, 6) is 2.85. The zero-order chi connectivity index (χ0) is 18.8. The van der Waals surface area contributed by atoms with E-state index >= 15 is 0 Å². The van der Waals surface area contributed by atoms with Crippen molar-refractivity contribution in [3.05, 3.63) is 24.3 Å². The molecule has 4 heterocycles. The third-order valence-electron chi connectivity index (χ3n) is 5.33. The molecule has 0 bridgehead atoms. The quantitative estimate of drug-likeness (QED) is 0.796. The Morgan fingerprint density at radius 2 is 1.81 bits per heavy atom. The lowest BCUT2D eigenvalue weighted by Crippen LogP contribution is -2.36. The molecule has 0 radical (unpaired) electrons. The number of hydrogen-bond donors (Lipinski definition) is 2. The van der Waals surface area contributed by atoms with Crippen LogP contribution in [0.5, 0.6) is 0 Å². The highest BCUT2D eigenvalue weighted by Gasteiger charge is 2.27. The van der Waals surface area contributed by atoms with Crippen molar-refractivity contribution < 1.29 is 4.79 Å². The van der Waals surface area contributed by atoms with E-state index in [1.165, 1.54) is 12.8 Å². The number of primary amides is 1. The molecule has 0 saturated carbocycles. The molecule has 2 aliphatic rings. The van der Waals surface area contributed by atoms with Crippen molar-refractivity contribution in [2.24, 2.45) is 5.73 Å². The number of amides is 1. The van der Waals surface area contributed by atoms with Crippen LogP contribution in [0.25, 0.3) is 0 Å². The summed E-state index contributed by atoms with van der Waals surface area (Å²) < 4.78 is 1.85. The number of rotatable bonds is 5. The van der Waals surface area contributed by atoms with Gasteiger partial charge in [0.2, 0.25) is 11.9 Å². The number of aromatic nitrogens is 4. The smallest absolute Gasteiger partial charge is 0.237 e. The molecular formula is C18H26N8O. The van der Waals surface area contributed by atoms with Gasteiger partial charge in [-0.2, -0.15) is 9.97 Å². The lowest BCUT2D eigenvalue weighted by atomic mass is 9.97. The number of nitrogen functional groups attached to an aromatic ring is 1. The standard InChI is InChI=1S/C18H26N8O/c19-14(27)12-26-9-5-21-17(26)13-4-3-8-25(11-13)16-10-15(22-18(20)23-16)24-6-1-2-7-24/h5,9-10,13H,1-4,6-8,11-12H2,(H2,19,27)(H2,20,22,23). The third kappa shape index (κ3) is 3.81. The summed E-state index contributed by atoms with van der Waals surface area (Å²) in [5, 5.41) is 0. The topological polar surface area (TPSA) is 119 Å². The molecule has 2 saturated heterocycles. The van der Waals surface area contributed by atoms with E-state index in [1.807, 2.05) is 16.8 Å². The van der Waals surface area contributed by atoms with Crippen molar-refractivity contribution in [2.75, 3.05) is 41.7 Å². The minimum Gasteiger partial charge on any atom is -0.368 e. The Hall–Kier alpha value is -2.84. The van der Waals surface area contributed by atoms with Crippen LogP contribution in [-0.2, 0) is 11.3 Å². The molecule has 0 aliphatic carbocycles. The van der Waals surface area contributed by atoms with Crippen LogP contribution < -0.4 is 21.3 Å². The summed E-state index contributed by atoms with van der Waals surface area (Å²) in [6, 6.07) is 2.04. The van der Waals surface area contributed by atoms with Gasteiger partial charge in [0.1, 0.15) is 24.0 Å². The Labute approximate surface area is 158 Å². The lowest BCUT2D eigenvalue weighted by molar-refractivity contribution is -0.118. The maximum absolute atomic E-state index is 11.3. The third-order valence-corrected chi connectivity index (χ3v) is 5.33. The predicted octanol–water partition coefficient (Wildman–Crippen LogP) is 0.725. The van der Waals surface area contributed by atoms with Gasteiger partial charge in [0, 0.05) is 50.6 Å². The average Bonchev–Trinajstić information content (AvgIpc) is 3.33. The molecule has 2 aliphatic heterocycles. The molecule has 1 amide bonds. The second kappa shape index (κ2) is 7.42. The van der Waals surface area contributed by atoms with E-state index in [0.717, 1.165) is 56.5 Å². The van der Waals surface area contributed by atoms with Crippen molar-refractivity contribution in [2.45, 2.75) is 38.1 Å². The summed E-state index contributed by atoms with van der Waals surface area (Å²) in [6.45, 7) is 3.89. The molecule has 2 fully saturated rings. The zero-order valence-corrected chi connectivity index (χ0v) is 15.4. The van der Waals surface area contributed by atoms with Crippen molar-refractivity contribution in [1.82, 2.24) is 19.5 Å². The van der Waals surface area contributed by atoms with E-state index in [9.17, 15) is 4.79 Å². The van der Waals surface area contributed by atoms with Gasteiger partial charge in [0.25, 0.3) is 0 Å². The molecule has 4 rings (SSSR count). The van der Waals surface area contributed by atoms with E-state index in [0.29, 0.717) is 5.95 Å². The van der Waals surface area contributed by atoms with Crippen LogP contribution in [-0.4, -0.2) is 51.6 Å². The van der Waals surface area contributed by atoms with E-state index < -0.39 is 0 Å². The lowest BCUT2D eigenvalue weighted by Gasteiger charge is -2.34. The molecule has 144 valence electrons. The minimum absolute atomic E-state index is 0.158. The number of anilines is 3. The normalized spacial score (nSPS) is 20.2. The second-order valence-electron chi connectivity index (χ2n) is 7.30. The fourth-order valence-electron chi connectivity index (χ4n) is 4.09. The Balaban J connectivity index is 1.55. The van der Waals surface area contributed by atoms with Crippen molar-refractivity contribution in [3.8, 4) is 0 Å². The molecule has 1 unspecified atom stereocenters. The van der Waals surface area contributed by atoms with Crippen LogP contribution in [0.4, 0.5) is 17.6 Å². The molecule has 0 spiro atoms. The predicted molar refractivity (Wildman–Crippen MR) is 104 cm³/mol. The van der Waals surface area contributed by atoms with Gasteiger partial charge in [0.15, 0.2) is 0 Å². The maximum atomic E-state index is 11.3. The number of carbonyl (C=O) groups excluding carboxylic acids is 1. The number of nitrogens with zero attached hydrogens (tertiary/aromatic N) is 6. The van der Waals surface area contributed by atoms with Crippen LogP contribution in [0.1, 0.15) is 37.4 Å². The Morgan fingerprint density at radius 1 is 1.11 bits per heavy atom. The molecule has 1 atom stereocenters. The zero-order valence-electron chi connectivity index (χ0n) is 15.4. The van der Waals surface area contributed by atoms with Gasteiger partial charge in [0.05, 0.1) is 0 Å². The summed E-state index contributed by atoms with van der Waals surface area (Å²) in [5.41, 5.74) is 11.4. The monoisotopic (exact) mass is 370 g/mol. The van der Waals surface area contributed by atoms with E-state index in [1.54, 1.807) is 6.20 Å². The average molecular weight is 370 g/mol. The highest BCUT2D eigenvalue weighted by atomic mass is 16.1. The van der Waals surface area contributed by atoms with Gasteiger partial charge in [-0.05, 0) is 25.7 Å². The molecular weight excluding hydrogens is 344 g/mol. The van der Waals surface area contributed by atoms with Gasteiger partial charge < -0.3 is 25.8 Å². The Bertz CT molecular complexity index is 813. The van der Waals surface area contributed by atoms with E-state index in [2.05, 4.69) is 24.8 Å². The summed E-state index contributed by atoms with van der Waals surface area (Å²) in [6.07, 6.45) is 7.96. The highest BCUT2D eigenvalue weighted by molar-refractivity contribution is 5.73. The first-order chi connectivity index (χ1) is 13.1. The fourth-order valence-corrected chi connectivity index (χ4v) is 4.09. The molecule has 2 aromatic heterocycles. The molecule has 2 aromatic rings. The van der Waals surface area contributed by atoms with Crippen LogP contribution >= 0.6 is 0 Å². The largest absolute Gasteiger partial charge is 0.368 e. The number of imidazole rings is 1. The van der Waals surface area contributed by atoms with Gasteiger partial charge in [-0.25, -0.2) is 4.98 Å². The van der Waals surface area contributed by atoms with Gasteiger partial charge >= 0.3 is 0 Å². The first kappa shape index (κ1) is 17.6. The van der Waals surface area contributed by atoms with Crippen molar-refractivity contribution in [1.29, 1.82) is 0 Å². The molecule has 9 heteroatoms. The molecule has 9 nitrogen and oxygen atoms in total. The van der Waals surface area contributed by atoms with Crippen LogP contribution in [0.2, 0.25) is 0 Å². The number of hydrogen-bond acceptors (Lipinski definition) is 7. The first-order valence-electron chi connectivity index (χ1n) is 9.54. The second-order valence-corrected chi connectivity index (χ2v) is 7.30. The maximum Gasteiger partial charge on any atom is 0.237 e. The highest BCUT2D eigenvalue weighted by Crippen LogP contribution is 2.30. The van der Waals surface area contributed by atoms with Crippen LogP contribution in [0.15, 0.2) is 18.5 Å². The van der Waals surface area contributed by atoms with E-state index in [4.69, 9.17) is 11.5 Å². The number of carbonyl (C=O) groups is 1. The summed E-state index contributed by atoms with van der Waals surface area (Å²) in [4.78, 5) is 29.2. The Kier molecular flexibility index (Phi) is 4.83. The molecule has 4 N–H and O–H groups in total. The number of nitrogens with two attached hydrogens (primary N) is 2. The molecule has 0 aromatic carbocycles. The summed E-state index contributed by atoms with van der Waals surface area (Å²) in [7, 11) is 0. The van der Waals surface area contributed by atoms with Crippen LogP contribution in [0.3, 0.4) is 0 Å². The minimum atomic E-state index is -0.360. The van der Waals surface area contributed by atoms with Gasteiger partial charge in [-0.3, -0.25) is 4.79 Å². The van der Waals surface area contributed by atoms with Crippen molar-refractivity contribution >= 4 is 23.5 Å².